The van der Waals surface area contributed by atoms with Crippen molar-refractivity contribution in [3.8, 4) is 0 Å². The lowest BCUT2D eigenvalue weighted by Crippen LogP contribution is -2.28. The van der Waals surface area contributed by atoms with Crippen molar-refractivity contribution in [2.45, 2.75) is 37.5 Å². The molecule has 4 heteroatoms. The number of aryl methyl sites for hydroxylation is 1. The van der Waals surface area contributed by atoms with Gasteiger partial charge in [-0.2, -0.15) is 4.31 Å². The predicted molar refractivity (Wildman–Crippen MR) is 93.7 cm³/mol. The Labute approximate surface area is 139 Å². The summed E-state index contributed by atoms with van der Waals surface area (Å²) in [6, 6.07) is 7.03. The molecular weight excluding hydrogens is 306 g/mol. The van der Waals surface area contributed by atoms with Crippen LogP contribution in [0, 0.1) is 6.92 Å². The Kier molecular flexibility index (Phi) is 4.55. The van der Waals surface area contributed by atoms with Gasteiger partial charge >= 0.3 is 0 Å². The van der Waals surface area contributed by atoms with E-state index in [-0.39, 0.29) is 0 Å². The van der Waals surface area contributed by atoms with Gasteiger partial charge in [0.05, 0.1) is 4.90 Å². The van der Waals surface area contributed by atoms with Crippen LogP contribution in [-0.2, 0) is 10.0 Å². The summed E-state index contributed by atoms with van der Waals surface area (Å²) in [5, 5.41) is 0. The third kappa shape index (κ3) is 3.48. The largest absolute Gasteiger partial charge is 0.243 e. The van der Waals surface area contributed by atoms with Crippen molar-refractivity contribution in [3.63, 3.8) is 0 Å². The fourth-order valence-corrected chi connectivity index (χ4v) is 4.48. The van der Waals surface area contributed by atoms with E-state index in [1.807, 2.05) is 19.1 Å². The minimum atomic E-state index is -3.45. The molecule has 0 spiro atoms. The molecule has 0 amide bonds. The van der Waals surface area contributed by atoms with Crippen LogP contribution in [0.4, 0.5) is 0 Å². The highest BCUT2D eigenvalue weighted by Crippen LogP contribution is 2.29. The molecule has 3 rings (SSSR count). The number of hydrogen-bond acceptors (Lipinski definition) is 2. The van der Waals surface area contributed by atoms with E-state index in [1.54, 1.807) is 12.1 Å². The van der Waals surface area contributed by atoms with Gasteiger partial charge in [0.15, 0.2) is 0 Å². The molecule has 1 aromatic rings. The molecular formula is C19H23NO2S. The van der Waals surface area contributed by atoms with Gasteiger partial charge in [0.1, 0.15) is 0 Å². The monoisotopic (exact) mass is 329 g/mol. The highest BCUT2D eigenvalue weighted by atomic mass is 32.2. The van der Waals surface area contributed by atoms with E-state index < -0.39 is 10.0 Å². The summed E-state index contributed by atoms with van der Waals surface area (Å²) in [5.41, 5.74) is 4.34. The van der Waals surface area contributed by atoms with Crippen LogP contribution < -0.4 is 0 Å². The van der Waals surface area contributed by atoms with Crippen LogP contribution in [0.2, 0.25) is 0 Å². The highest BCUT2D eigenvalue weighted by molar-refractivity contribution is 7.89. The summed E-state index contributed by atoms with van der Waals surface area (Å²) in [6.07, 6.45) is 9.08. The van der Waals surface area contributed by atoms with Crippen molar-refractivity contribution < 1.29 is 8.42 Å². The van der Waals surface area contributed by atoms with Crippen molar-refractivity contribution in [2.24, 2.45) is 0 Å². The van der Waals surface area contributed by atoms with Crippen LogP contribution in [-0.4, -0.2) is 25.8 Å². The smallest absolute Gasteiger partial charge is 0.207 e. The molecule has 0 unspecified atom stereocenters. The fourth-order valence-electron chi connectivity index (χ4n) is 3.07. The average Bonchev–Trinajstić information content (AvgIpc) is 2.90. The Bertz CT molecular complexity index is 770. The number of sulfonamides is 1. The second-order valence-electron chi connectivity index (χ2n) is 6.38. The molecule has 0 N–H and O–H groups in total. The van der Waals surface area contributed by atoms with E-state index in [4.69, 9.17) is 0 Å². The van der Waals surface area contributed by atoms with Gasteiger partial charge in [-0.1, -0.05) is 42.0 Å². The van der Waals surface area contributed by atoms with E-state index in [0.29, 0.717) is 18.0 Å². The SMILES string of the molecule is C=C1CN(S(=O)(=O)c2ccc(C)cc2)C/C1=C/C1=CCCCC1. The van der Waals surface area contributed by atoms with Gasteiger partial charge in [-0.15, -0.1) is 0 Å². The lowest BCUT2D eigenvalue weighted by molar-refractivity contribution is 0.489. The molecule has 1 aliphatic heterocycles. The molecule has 1 aromatic carbocycles. The first-order valence-electron chi connectivity index (χ1n) is 8.11. The third-order valence-corrected chi connectivity index (χ3v) is 6.32. The number of benzene rings is 1. The lowest BCUT2D eigenvalue weighted by atomic mass is 9.97. The molecule has 2 aliphatic rings. The Hall–Kier alpha value is -1.65. The average molecular weight is 329 g/mol. The second kappa shape index (κ2) is 6.46. The van der Waals surface area contributed by atoms with E-state index in [9.17, 15) is 8.42 Å². The van der Waals surface area contributed by atoms with Gasteiger partial charge in [0.25, 0.3) is 0 Å². The lowest BCUT2D eigenvalue weighted by Gasteiger charge is -2.15. The quantitative estimate of drug-likeness (QED) is 0.841. The molecule has 122 valence electrons. The van der Waals surface area contributed by atoms with Gasteiger partial charge in [0.2, 0.25) is 10.0 Å². The van der Waals surface area contributed by atoms with Crippen LogP contribution in [0.25, 0.3) is 0 Å². The zero-order valence-electron chi connectivity index (χ0n) is 13.6. The van der Waals surface area contributed by atoms with Gasteiger partial charge in [0, 0.05) is 13.1 Å². The zero-order valence-corrected chi connectivity index (χ0v) is 14.4. The first kappa shape index (κ1) is 16.2. The van der Waals surface area contributed by atoms with E-state index in [1.165, 1.54) is 22.7 Å². The Morgan fingerprint density at radius 2 is 1.87 bits per heavy atom. The van der Waals surface area contributed by atoms with Crippen LogP contribution in [0.3, 0.4) is 0 Å². The number of hydrogen-bond donors (Lipinski definition) is 0. The summed E-state index contributed by atoms with van der Waals surface area (Å²) in [4.78, 5) is 0.356. The Balaban J connectivity index is 1.82. The summed E-state index contributed by atoms with van der Waals surface area (Å²) in [5.74, 6) is 0. The van der Waals surface area contributed by atoms with Crippen LogP contribution in [0.5, 0.6) is 0 Å². The van der Waals surface area contributed by atoms with Crippen LogP contribution in [0.1, 0.15) is 31.2 Å². The van der Waals surface area contributed by atoms with Crippen LogP contribution in [0.15, 0.2) is 64.6 Å². The maximum Gasteiger partial charge on any atom is 0.243 e. The topological polar surface area (TPSA) is 37.4 Å². The van der Waals surface area contributed by atoms with E-state index in [2.05, 4.69) is 18.7 Å². The zero-order chi connectivity index (χ0) is 16.4. The van der Waals surface area contributed by atoms with Crippen molar-refractivity contribution in [2.75, 3.05) is 13.1 Å². The summed E-state index contributed by atoms with van der Waals surface area (Å²) < 4.78 is 27.1. The Morgan fingerprint density at radius 3 is 2.52 bits per heavy atom. The van der Waals surface area contributed by atoms with Crippen molar-refractivity contribution in [1.82, 2.24) is 4.31 Å². The van der Waals surface area contributed by atoms with Crippen molar-refractivity contribution in [1.29, 1.82) is 0 Å². The summed E-state index contributed by atoms with van der Waals surface area (Å²) in [7, 11) is -3.45. The molecule has 3 nitrogen and oxygen atoms in total. The molecule has 0 saturated carbocycles. The Morgan fingerprint density at radius 1 is 1.13 bits per heavy atom. The van der Waals surface area contributed by atoms with Gasteiger partial charge in [-0.3, -0.25) is 0 Å². The van der Waals surface area contributed by atoms with Crippen LogP contribution >= 0.6 is 0 Å². The molecule has 1 fully saturated rings. The van der Waals surface area contributed by atoms with Crippen molar-refractivity contribution in [3.05, 3.63) is 65.3 Å². The molecule has 0 radical (unpaired) electrons. The maximum absolute atomic E-state index is 12.8. The maximum atomic E-state index is 12.8. The molecule has 1 heterocycles. The summed E-state index contributed by atoms with van der Waals surface area (Å²) >= 11 is 0. The van der Waals surface area contributed by atoms with E-state index in [0.717, 1.165) is 29.6 Å². The predicted octanol–water partition coefficient (Wildman–Crippen LogP) is 3.98. The van der Waals surface area contributed by atoms with Gasteiger partial charge < -0.3 is 0 Å². The highest BCUT2D eigenvalue weighted by Gasteiger charge is 2.31. The van der Waals surface area contributed by atoms with Crippen molar-refractivity contribution >= 4 is 10.0 Å². The first-order valence-corrected chi connectivity index (χ1v) is 9.55. The fraction of sp³-hybridized carbons (Fsp3) is 0.368. The first-order chi connectivity index (χ1) is 11.0. The number of allylic oxidation sites excluding steroid dienone is 3. The number of rotatable bonds is 3. The van der Waals surface area contributed by atoms with Gasteiger partial charge in [-0.25, -0.2) is 8.42 Å². The molecule has 1 aliphatic carbocycles. The second-order valence-corrected chi connectivity index (χ2v) is 8.32. The standard InChI is InChI=1S/C19H23NO2S/c1-15-8-10-19(11-9-15)23(21,22)20-13-16(2)18(14-20)12-17-6-4-3-5-7-17/h6,8-12H,2-5,7,13-14H2,1H3/b18-12-. The molecule has 0 bridgehead atoms. The molecule has 0 atom stereocenters. The molecule has 1 saturated heterocycles. The third-order valence-electron chi connectivity index (χ3n) is 4.51. The van der Waals surface area contributed by atoms with Gasteiger partial charge in [-0.05, 0) is 55.9 Å². The molecule has 23 heavy (non-hydrogen) atoms. The minimum Gasteiger partial charge on any atom is -0.207 e. The normalized spacial score (nSPS) is 21.7. The minimum absolute atomic E-state index is 0.356. The van der Waals surface area contributed by atoms with E-state index >= 15 is 0 Å². The summed E-state index contributed by atoms with van der Waals surface area (Å²) in [6.45, 7) is 6.83. The molecule has 0 aromatic heterocycles. The number of nitrogens with zero attached hydrogens (tertiary/aromatic N) is 1.